The van der Waals surface area contributed by atoms with E-state index in [1.165, 1.54) is 25.7 Å². The summed E-state index contributed by atoms with van der Waals surface area (Å²) in [4.78, 5) is 2.86. The maximum Gasteiger partial charge on any atom is 0.0705 e. The van der Waals surface area contributed by atoms with Crippen molar-refractivity contribution in [1.82, 2.24) is 0 Å². The maximum atomic E-state index is 3.46. The van der Waals surface area contributed by atoms with Crippen LogP contribution in [0.25, 0.3) is 4.91 Å². The maximum absolute atomic E-state index is 3.46. The van der Waals surface area contributed by atoms with E-state index in [-0.39, 0.29) is 0 Å². The standard InChI is InChI=1S/C8H7BrS2/c9-8-4-3-7(11-8)6-2-1-5-10-6/h2-4H,1,5H2. The monoisotopic (exact) mass is 246 g/mol. The summed E-state index contributed by atoms with van der Waals surface area (Å²) in [6, 6.07) is 4.29. The molecule has 0 aromatic carbocycles. The van der Waals surface area contributed by atoms with E-state index in [0.717, 1.165) is 0 Å². The van der Waals surface area contributed by atoms with E-state index in [2.05, 4.69) is 34.1 Å². The molecule has 2 heterocycles. The molecule has 0 bridgehead atoms. The molecule has 0 N–H and O–H groups in total. The molecule has 0 atom stereocenters. The molecule has 0 saturated carbocycles. The average Bonchev–Trinajstić information content (AvgIpc) is 2.55. The lowest BCUT2D eigenvalue weighted by atomic mass is 10.4. The zero-order valence-electron chi connectivity index (χ0n) is 5.84. The lowest BCUT2D eigenvalue weighted by molar-refractivity contribution is 1.28. The first-order chi connectivity index (χ1) is 5.36. The molecule has 1 aromatic heterocycles. The lowest BCUT2D eigenvalue weighted by Gasteiger charge is -1.93. The first kappa shape index (κ1) is 7.90. The number of rotatable bonds is 1. The van der Waals surface area contributed by atoms with Gasteiger partial charge in [-0.3, -0.25) is 0 Å². The molecule has 0 fully saturated rings. The van der Waals surface area contributed by atoms with Gasteiger partial charge in [-0.2, -0.15) is 0 Å². The van der Waals surface area contributed by atoms with Crippen LogP contribution in [-0.2, 0) is 0 Å². The summed E-state index contributed by atoms with van der Waals surface area (Å²) in [6.45, 7) is 0. The fourth-order valence-electron chi connectivity index (χ4n) is 1.04. The van der Waals surface area contributed by atoms with Crippen LogP contribution in [0.3, 0.4) is 0 Å². The summed E-state index contributed by atoms with van der Waals surface area (Å²) in [6.07, 6.45) is 3.55. The third-order valence-corrected chi connectivity index (χ3v) is 4.44. The molecule has 3 heteroatoms. The zero-order chi connectivity index (χ0) is 7.68. The highest BCUT2D eigenvalue weighted by Gasteiger charge is 2.08. The highest BCUT2D eigenvalue weighted by Crippen LogP contribution is 2.38. The van der Waals surface area contributed by atoms with Gasteiger partial charge in [-0.15, -0.1) is 23.1 Å². The number of thiophene rings is 1. The molecule has 1 aliphatic heterocycles. The van der Waals surface area contributed by atoms with Gasteiger partial charge in [0, 0.05) is 15.5 Å². The molecular weight excluding hydrogens is 240 g/mol. The van der Waals surface area contributed by atoms with Gasteiger partial charge in [0.15, 0.2) is 0 Å². The summed E-state index contributed by atoms with van der Waals surface area (Å²) >= 11 is 7.23. The molecule has 0 unspecified atom stereocenters. The minimum absolute atomic E-state index is 1.22. The van der Waals surface area contributed by atoms with Crippen molar-refractivity contribution in [2.45, 2.75) is 6.42 Å². The second-order valence-electron chi connectivity index (χ2n) is 2.31. The van der Waals surface area contributed by atoms with Gasteiger partial charge in [0.2, 0.25) is 0 Å². The Bertz CT molecular complexity index is 288. The second kappa shape index (κ2) is 3.33. The highest BCUT2D eigenvalue weighted by molar-refractivity contribution is 9.11. The molecule has 0 saturated heterocycles. The number of thioether (sulfide) groups is 1. The normalized spacial score (nSPS) is 17.0. The van der Waals surface area contributed by atoms with Crippen molar-refractivity contribution in [2.24, 2.45) is 0 Å². The third-order valence-electron chi connectivity index (χ3n) is 1.52. The Morgan fingerprint density at radius 3 is 2.82 bits per heavy atom. The van der Waals surface area contributed by atoms with Gasteiger partial charge in [-0.1, -0.05) is 6.08 Å². The van der Waals surface area contributed by atoms with Gasteiger partial charge in [0.25, 0.3) is 0 Å². The molecule has 0 aliphatic carbocycles. The fraction of sp³-hybridized carbons (Fsp3) is 0.250. The van der Waals surface area contributed by atoms with Crippen LogP contribution < -0.4 is 0 Å². The average molecular weight is 247 g/mol. The molecule has 58 valence electrons. The Kier molecular flexibility index (Phi) is 2.39. The van der Waals surface area contributed by atoms with Crippen LogP contribution in [0.15, 0.2) is 22.0 Å². The molecule has 0 radical (unpaired) electrons. The minimum atomic E-state index is 1.22. The van der Waals surface area contributed by atoms with E-state index in [1.807, 2.05) is 23.1 Å². The van der Waals surface area contributed by atoms with Crippen molar-refractivity contribution in [1.29, 1.82) is 0 Å². The number of allylic oxidation sites excluding steroid dienone is 1. The highest BCUT2D eigenvalue weighted by atomic mass is 79.9. The first-order valence-corrected chi connectivity index (χ1v) is 6.04. The Morgan fingerprint density at radius 1 is 1.36 bits per heavy atom. The fourth-order valence-corrected chi connectivity index (χ4v) is 3.56. The van der Waals surface area contributed by atoms with Crippen molar-refractivity contribution in [3.05, 3.63) is 26.9 Å². The zero-order valence-corrected chi connectivity index (χ0v) is 9.06. The van der Waals surface area contributed by atoms with E-state index < -0.39 is 0 Å². The van der Waals surface area contributed by atoms with Crippen molar-refractivity contribution < 1.29 is 0 Å². The molecule has 1 aliphatic rings. The van der Waals surface area contributed by atoms with E-state index in [0.29, 0.717) is 0 Å². The smallest absolute Gasteiger partial charge is 0.0705 e. The van der Waals surface area contributed by atoms with Crippen molar-refractivity contribution in [3.63, 3.8) is 0 Å². The van der Waals surface area contributed by atoms with Gasteiger partial charge in [-0.25, -0.2) is 0 Å². The number of halogens is 1. The Morgan fingerprint density at radius 2 is 2.27 bits per heavy atom. The van der Waals surface area contributed by atoms with Crippen LogP contribution in [0.2, 0.25) is 0 Å². The summed E-state index contributed by atoms with van der Waals surface area (Å²) < 4.78 is 1.22. The van der Waals surface area contributed by atoms with Crippen LogP contribution >= 0.6 is 39.0 Å². The van der Waals surface area contributed by atoms with Gasteiger partial charge in [0.05, 0.1) is 3.79 Å². The summed E-state index contributed by atoms with van der Waals surface area (Å²) in [5, 5.41) is 0. The van der Waals surface area contributed by atoms with Gasteiger partial charge in [0.1, 0.15) is 0 Å². The van der Waals surface area contributed by atoms with Crippen LogP contribution in [0, 0.1) is 0 Å². The second-order valence-corrected chi connectivity index (χ2v) is 5.91. The van der Waals surface area contributed by atoms with Crippen molar-refractivity contribution >= 4 is 43.9 Å². The summed E-state index contributed by atoms with van der Waals surface area (Å²) in [5.41, 5.74) is 0. The molecule has 0 nitrogen and oxygen atoms in total. The van der Waals surface area contributed by atoms with E-state index in [4.69, 9.17) is 0 Å². The third kappa shape index (κ3) is 1.71. The molecular formula is C8H7BrS2. The number of hydrogen-bond acceptors (Lipinski definition) is 2. The van der Waals surface area contributed by atoms with E-state index >= 15 is 0 Å². The van der Waals surface area contributed by atoms with E-state index in [1.54, 1.807) is 0 Å². The largest absolute Gasteiger partial charge is 0.128 e. The molecule has 0 spiro atoms. The van der Waals surface area contributed by atoms with Gasteiger partial charge < -0.3 is 0 Å². The molecule has 2 rings (SSSR count). The summed E-state index contributed by atoms with van der Waals surface area (Å²) in [5.74, 6) is 1.25. The van der Waals surface area contributed by atoms with Gasteiger partial charge in [-0.05, 0) is 34.5 Å². The van der Waals surface area contributed by atoms with Crippen molar-refractivity contribution in [2.75, 3.05) is 5.75 Å². The minimum Gasteiger partial charge on any atom is -0.128 e. The summed E-state index contributed by atoms with van der Waals surface area (Å²) in [7, 11) is 0. The Labute approximate surface area is 82.8 Å². The molecule has 11 heavy (non-hydrogen) atoms. The van der Waals surface area contributed by atoms with Crippen LogP contribution in [0.5, 0.6) is 0 Å². The first-order valence-electron chi connectivity index (χ1n) is 3.45. The predicted molar refractivity (Wildman–Crippen MR) is 57.1 cm³/mol. The topological polar surface area (TPSA) is 0 Å². The Hall–Kier alpha value is 0.270. The Balaban J connectivity index is 2.28. The predicted octanol–water partition coefficient (Wildman–Crippen LogP) is 3.99. The van der Waals surface area contributed by atoms with Crippen LogP contribution in [-0.4, -0.2) is 5.75 Å². The van der Waals surface area contributed by atoms with E-state index in [9.17, 15) is 0 Å². The van der Waals surface area contributed by atoms with Crippen molar-refractivity contribution in [3.8, 4) is 0 Å². The molecule has 1 aromatic rings. The SMILES string of the molecule is Brc1ccc(C2=CCCS2)s1. The number of hydrogen-bond donors (Lipinski definition) is 0. The van der Waals surface area contributed by atoms with Gasteiger partial charge >= 0.3 is 0 Å². The quantitative estimate of drug-likeness (QED) is 0.723. The lowest BCUT2D eigenvalue weighted by Crippen LogP contribution is -1.64. The van der Waals surface area contributed by atoms with Crippen LogP contribution in [0.4, 0.5) is 0 Å². The molecule has 0 amide bonds. The van der Waals surface area contributed by atoms with Crippen LogP contribution in [0.1, 0.15) is 11.3 Å².